The van der Waals surface area contributed by atoms with E-state index in [1.54, 1.807) is 0 Å². The van der Waals surface area contributed by atoms with Crippen LogP contribution in [0.1, 0.15) is 24.9 Å². The highest BCUT2D eigenvalue weighted by Crippen LogP contribution is 2.24. The van der Waals surface area contributed by atoms with Gasteiger partial charge in [0.05, 0.1) is 12.6 Å². The van der Waals surface area contributed by atoms with Gasteiger partial charge in [0.1, 0.15) is 5.75 Å². The van der Waals surface area contributed by atoms with E-state index in [9.17, 15) is 0 Å². The molecule has 0 spiro atoms. The molecule has 0 saturated heterocycles. The molecule has 0 saturated carbocycles. The Hall–Kier alpha value is -2.22. The number of rotatable bonds is 7. The first-order valence-corrected chi connectivity index (χ1v) is 6.98. The molecule has 0 aliphatic heterocycles. The van der Waals surface area contributed by atoms with Gasteiger partial charge in [0.15, 0.2) is 0 Å². The molecule has 1 N–H and O–H groups in total. The van der Waals surface area contributed by atoms with E-state index in [-0.39, 0.29) is 6.04 Å². The third-order valence-electron chi connectivity index (χ3n) is 3.11. The summed E-state index contributed by atoms with van der Waals surface area (Å²) in [6, 6.07) is 18.7. The van der Waals surface area contributed by atoms with Gasteiger partial charge in [-0.3, -0.25) is 0 Å². The van der Waals surface area contributed by atoms with E-state index < -0.39 is 0 Å². The molecule has 0 aliphatic rings. The average molecular weight is 267 g/mol. The Labute approximate surface area is 121 Å². The minimum Gasteiger partial charge on any atom is -0.494 e. The number of ether oxygens (including phenoxy) is 1. The highest BCUT2D eigenvalue weighted by molar-refractivity contribution is 5.48. The summed E-state index contributed by atoms with van der Waals surface area (Å²) >= 11 is 0. The lowest BCUT2D eigenvalue weighted by Gasteiger charge is -2.19. The molecule has 2 aromatic carbocycles. The second-order valence-electron chi connectivity index (χ2n) is 4.59. The molecule has 0 aromatic heterocycles. The summed E-state index contributed by atoms with van der Waals surface area (Å²) in [5.74, 6) is 0.901. The first-order valence-electron chi connectivity index (χ1n) is 6.98. The van der Waals surface area contributed by atoms with Gasteiger partial charge in [-0.2, -0.15) is 0 Å². The fraction of sp³-hybridized carbons (Fsp3) is 0.222. The van der Waals surface area contributed by atoms with Crippen molar-refractivity contribution in [2.24, 2.45) is 0 Å². The van der Waals surface area contributed by atoms with Crippen LogP contribution in [-0.4, -0.2) is 6.61 Å². The van der Waals surface area contributed by atoms with Gasteiger partial charge < -0.3 is 10.1 Å². The van der Waals surface area contributed by atoms with Crippen LogP contribution in [0.3, 0.4) is 0 Å². The van der Waals surface area contributed by atoms with Crippen molar-refractivity contribution in [3.8, 4) is 5.75 Å². The minimum atomic E-state index is 0.242. The molecule has 2 rings (SSSR count). The van der Waals surface area contributed by atoms with Crippen LogP contribution in [0.4, 0.5) is 5.69 Å². The molecule has 1 unspecified atom stereocenters. The monoisotopic (exact) mass is 267 g/mol. The van der Waals surface area contributed by atoms with E-state index >= 15 is 0 Å². The van der Waals surface area contributed by atoms with E-state index in [1.165, 1.54) is 5.56 Å². The lowest BCUT2D eigenvalue weighted by atomic mass is 10.0. The van der Waals surface area contributed by atoms with Crippen molar-refractivity contribution in [2.45, 2.75) is 19.4 Å². The lowest BCUT2D eigenvalue weighted by molar-refractivity contribution is 0.340. The van der Waals surface area contributed by atoms with Crippen LogP contribution in [0.25, 0.3) is 0 Å². The maximum absolute atomic E-state index is 5.45. The number of benzene rings is 2. The van der Waals surface area contributed by atoms with Crippen LogP contribution >= 0.6 is 0 Å². The molecule has 104 valence electrons. The molecule has 0 radical (unpaired) electrons. The summed E-state index contributed by atoms with van der Waals surface area (Å²) in [5, 5.41) is 3.54. The zero-order chi connectivity index (χ0) is 14.2. The standard InChI is InChI=1S/C18H21NO/c1-3-8-18(15-9-6-5-7-10-15)19-16-11-13-17(14-12-16)20-4-2/h3,5-7,9-14,18-19H,1,4,8H2,2H3. The number of nitrogens with one attached hydrogen (secondary N) is 1. The summed E-state index contributed by atoms with van der Waals surface area (Å²) < 4.78 is 5.45. The Balaban J connectivity index is 2.10. The van der Waals surface area contributed by atoms with Gasteiger partial charge in [0.2, 0.25) is 0 Å². The maximum Gasteiger partial charge on any atom is 0.119 e. The van der Waals surface area contributed by atoms with Crippen molar-refractivity contribution in [2.75, 3.05) is 11.9 Å². The molecule has 0 fully saturated rings. The Morgan fingerprint density at radius 2 is 1.80 bits per heavy atom. The van der Waals surface area contributed by atoms with Crippen LogP contribution in [0.5, 0.6) is 5.75 Å². The SMILES string of the molecule is C=CCC(Nc1ccc(OCC)cc1)c1ccccc1. The Morgan fingerprint density at radius 3 is 2.40 bits per heavy atom. The molecule has 2 nitrogen and oxygen atoms in total. The Kier molecular flexibility index (Phi) is 5.24. The van der Waals surface area contributed by atoms with Crippen molar-refractivity contribution < 1.29 is 4.74 Å². The molecule has 0 bridgehead atoms. The van der Waals surface area contributed by atoms with E-state index in [2.05, 4.69) is 36.2 Å². The number of hydrogen-bond acceptors (Lipinski definition) is 2. The molecule has 0 amide bonds. The number of hydrogen-bond donors (Lipinski definition) is 1. The third-order valence-corrected chi connectivity index (χ3v) is 3.11. The second kappa shape index (κ2) is 7.39. The van der Waals surface area contributed by atoms with Crippen LogP contribution in [-0.2, 0) is 0 Å². The Morgan fingerprint density at radius 1 is 1.10 bits per heavy atom. The van der Waals surface area contributed by atoms with Gasteiger partial charge in [-0.25, -0.2) is 0 Å². The van der Waals surface area contributed by atoms with Crippen LogP contribution < -0.4 is 10.1 Å². The first kappa shape index (κ1) is 14.2. The molecule has 1 atom stereocenters. The maximum atomic E-state index is 5.45. The summed E-state index contributed by atoms with van der Waals surface area (Å²) in [4.78, 5) is 0. The van der Waals surface area contributed by atoms with Crippen molar-refractivity contribution in [1.29, 1.82) is 0 Å². The van der Waals surface area contributed by atoms with Gasteiger partial charge in [-0.15, -0.1) is 6.58 Å². The molecule has 2 heteroatoms. The molecular formula is C18H21NO. The van der Waals surface area contributed by atoms with E-state index in [1.807, 2.05) is 43.3 Å². The fourth-order valence-corrected chi connectivity index (χ4v) is 2.15. The largest absolute Gasteiger partial charge is 0.494 e. The predicted octanol–water partition coefficient (Wildman–Crippen LogP) is 4.81. The molecule has 20 heavy (non-hydrogen) atoms. The predicted molar refractivity (Wildman–Crippen MR) is 85.2 cm³/mol. The van der Waals surface area contributed by atoms with Gasteiger partial charge in [-0.1, -0.05) is 36.4 Å². The highest BCUT2D eigenvalue weighted by atomic mass is 16.5. The summed E-state index contributed by atoms with van der Waals surface area (Å²) in [7, 11) is 0. The van der Waals surface area contributed by atoms with Gasteiger partial charge in [-0.05, 0) is 43.2 Å². The molecule has 0 aliphatic carbocycles. The molecule has 0 heterocycles. The number of anilines is 1. The molecule has 2 aromatic rings. The minimum absolute atomic E-state index is 0.242. The van der Waals surface area contributed by atoms with Crippen molar-refractivity contribution in [1.82, 2.24) is 0 Å². The average Bonchev–Trinajstić information content (AvgIpc) is 2.50. The quantitative estimate of drug-likeness (QED) is 0.726. The van der Waals surface area contributed by atoms with Gasteiger partial charge >= 0.3 is 0 Å². The van der Waals surface area contributed by atoms with Crippen LogP contribution in [0.15, 0.2) is 67.3 Å². The smallest absolute Gasteiger partial charge is 0.119 e. The third kappa shape index (κ3) is 3.89. The van der Waals surface area contributed by atoms with E-state index in [4.69, 9.17) is 4.74 Å². The summed E-state index contributed by atoms with van der Waals surface area (Å²) in [5.41, 5.74) is 2.35. The second-order valence-corrected chi connectivity index (χ2v) is 4.59. The van der Waals surface area contributed by atoms with E-state index in [0.29, 0.717) is 6.61 Å². The lowest BCUT2D eigenvalue weighted by Crippen LogP contribution is -2.09. The zero-order valence-electron chi connectivity index (χ0n) is 11.9. The molecular weight excluding hydrogens is 246 g/mol. The van der Waals surface area contributed by atoms with Crippen molar-refractivity contribution in [3.05, 3.63) is 72.8 Å². The summed E-state index contributed by atoms with van der Waals surface area (Å²) in [6.45, 7) is 6.52. The topological polar surface area (TPSA) is 21.3 Å². The van der Waals surface area contributed by atoms with E-state index in [0.717, 1.165) is 17.9 Å². The highest BCUT2D eigenvalue weighted by Gasteiger charge is 2.09. The Bertz CT molecular complexity index is 519. The fourth-order valence-electron chi connectivity index (χ4n) is 2.15. The zero-order valence-corrected chi connectivity index (χ0v) is 11.9. The van der Waals surface area contributed by atoms with Crippen molar-refractivity contribution in [3.63, 3.8) is 0 Å². The summed E-state index contributed by atoms with van der Waals surface area (Å²) in [6.07, 6.45) is 2.83. The first-order chi connectivity index (χ1) is 9.83. The van der Waals surface area contributed by atoms with Gasteiger partial charge in [0, 0.05) is 5.69 Å². The van der Waals surface area contributed by atoms with Gasteiger partial charge in [0.25, 0.3) is 0 Å². The van der Waals surface area contributed by atoms with Crippen LogP contribution in [0, 0.1) is 0 Å². The normalized spacial score (nSPS) is 11.7. The van der Waals surface area contributed by atoms with Crippen molar-refractivity contribution >= 4 is 5.69 Å². The van der Waals surface area contributed by atoms with Crippen LogP contribution in [0.2, 0.25) is 0 Å².